The first-order valence-corrected chi connectivity index (χ1v) is 13.4. The lowest BCUT2D eigenvalue weighted by Crippen LogP contribution is -2.50. The monoisotopic (exact) mass is 567 g/mol. The van der Waals surface area contributed by atoms with Gasteiger partial charge in [0.1, 0.15) is 22.7 Å². The number of anilines is 2. The number of carbonyl (C=O) groups excluding carboxylic acids is 1. The number of aromatic hydroxyl groups is 1. The molecule has 0 aliphatic carbocycles. The Morgan fingerprint density at radius 1 is 1.10 bits per heavy atom. The number of ether oxygens (including phenoxy) is 1. The molecule has 1 fully saturated rings. The van der Waals surface area contributed by atoms with Crippen molar-refractivity contribution in [3.05, 3.63) is 53.3 Å². The molecule has 2 heterocycles. The molecule has 9 nitrogen and oxygen atoms in total. The lowest BCUT2D eigenvalue weighted by atomic mass is 9.96. The van der Waals surface area contributed by atoms with E-state index in [2.05, 4.69) is 15.3 Å². The van der Waals surface area contributed by atoms with E-state index in [-0.39, 0.29) is 47.0 Å². The lowest BCUT2D eigenvalue weighted by Gasteiger charge is -2.36. The van der Waals surface area contributed by atoms with Crippen molar-refractivity contribution < 1.29 is 24.1 Å². The summed E-state index contributed by atoms with van der Waals surface area (Å²) >= 11 is 6.74. The number of piperazine rings is 1. The molecule has 1 saturated heterocycles. The van der Waals surface area contributed by atoms with Crippen LogP contribution in [-0.4, -0.2) is 76.1 Å². The third kappa shape index (κ3) is 5.55. The highest BCUT2D eigenvalue weighted by Crippen LogP contribution is 2.42. The number of hydrogen-bond acceptors (Lipinski definition) is 8. The molecule has 3 N–H and O–H groups in total. The molecule has 3 aromatic carbocycles. The minimum atomic E-state index is -0.652. The number of hydrogen-bond donors (Lipinski definition) is 3. The Labute approximate surface area is 236 Å². The molecule has 0 unspecified atom stereocenters. The maximum atomic E-state index is 16.4. The summed E-state index contributed by atoms with van der Waals surface area (Å²) in [5.74, 6) is -0.0522. The molecule has 0 atom stereocenters. The fraction of sp³-hybridized carbons (Fsp3) is 0.345. The summed E-state index contributed by atoms with van der Waals surface area (Å²) in [4.78, 5) is 25.2. The molecule has 0 spiro atoms. The second kappa shape index (κ2) is 10.9. The summed E-state index contributed by atoms with van der Waals surface area (Å²) in [7, 11) is 0. The first-order chi connectivity index (χ1) is 19.1. The SMILES string of the molecule is CC(C)(C)OC(=O)N1CCN(c2nc(NCCO)nc3c(F)c(-c4cc(O)cc5ccccc45)c(Cl)cc23)CC1. The largest absolute Gasteiger partial charge is 0.508 e. The van der Waals surface area contributed by atoms with E-state index < -0.39 is 11.4 Å². The van der Waals surface area contributed by atoms with Crippen molar-refractivity contribution in [1.29, 1.82) is 0 Å². The zero-order chi connectivity index (χ0) is 28.6. The van der Waals surface area contributed by atoms with Gasteiger partial charge < -0.3 is 30.1 Å². The Balaban J connectivity index is 1.59. The first-order valence-electron chi connectivity index (χ1n) is 13.0. The van der Waals surface area contributed by atoms with E-state index in [0.29, 0.717) is 42.9 Å². The third-order valence-corrected chi connectivity index (χ3v) is 6.90. The van der Waals surface area contributed by atoms with Gasteiger partial charge in [0.2, 0.25) is 5.95 Å². The maximum Gasteiger partial charge on any atom is 0.410 e. The second-order valence-electron chi connectivity index (χ2n) is 10.6. The standard InChI is InChI=1S/C29H31ClFN5O4/c1-29(2,3)40-28(39)36-11-9-35(10-12-36)26-21-16-22(30)23(24(31)25(21)33-27(34-26)32-8-13-37)20-15-18(38)14-17-6-4-5-7-19(17)20/h4-7,14-16,37-38H,8-13H2,1-3H3,(H,32,33,34). The molecule has 1 amide bonds. The third-order valence-electron chi connectivity index (χ3n) is 6.60. The van der Waals surface area contributed by atoms with E-state index in [1.807, 2.05) is 49.9 Å². The van der Waals surface area contributed by atoms with E-state index in [4.69, 9.17) is 16.3 Å². The van der Waals surface area contributed by atoms with Gasteiger partial charge in [-0.25, -0.2) is 14.2 Å². The van der Waals surface area contributed by atoms with E-state index in [1.54, 1.807) is 17.0 Å². The highest BCUT2D eigenvalue weighted by Gasteiger charge is 2.29. The van der Waals surface area contributed by atoms with Gasteiger partial charge in [-0.1, -0.05) is 35.9 Å². The summed E-state index contributed by atoms with van der Waals surface area (Å²) in [6.07, 6.45) is -0.387. The number of halogens is 2. The number of aromatic nitrogens is 2. The quantitative estimate of drug-likeness (QED) is 0.294. The van der Waals surface area contributed by atoms with E-state index in [9.17, 15) is 15.0 Å². The van der Waals surface area contributed by atoms with Gasteiger partial charge in [0, 0.05) is 43.7 Å². The summed E-state index contributed by atoms with van der Waals surface area (Å²) in [6.45, 7) is 7.13. The molecule has 0 radical (unpaired) electrons. The van der Waals surface area contributed by atoms with Gasteiger partial charge >= 0.3 is 6.09 Å². The first kappa shape index (κ1) is 27.7. The molecule has 4 aromatic rings. The molecule has 1 aromatic heterocycles. The average Bonchev–Trinajstić information content (AvgIpc) is 2.91. The van der Waals surface area contributed by atoms with Gasteiger partial charge in [-0.05, 0) is 55.3 Å². The van der Waals surface area contributed by atoms with Crippen LogP contribution in [0.5, 0.6) is 5.75 Å². The zero-order valence-electron chi connectivity index (χ0n) is 22.5. The molecular formula is C29H31ClFN5O4. The Hall–Kier alpha value is -3.89. The second-order valence-corrected chi connectivity index (χ2v) is 11.0. The maximum absolute atomic E-state index is 16.4. The summed E-state index contributed by atoms with van der Waals surface area (Å²) in [5, 5.41) is 24.7. The van der Waals surface area contributed by atoms with E-state index in [0.717, 1.165) is 10.8 Å². The van der Waals surface area contributed by atoms with Crippen LogP contribution in [0.2, 0.25) is 5.02 Å². The molecule has 40 heavy (non-hydrogen) atoms. The number of nitrogens with one attached hydrogen (secondary N) is 1. The molecule has 1 aliphatic rings. The van der Waals surface area contributed by atoms with Crippen LogP contribution in [0.1, 0.15) is 20.8 Å². The number of amides is 1. The minimum Gasteiger partial charge on any atom is -0.508 e. The number of benzene rings is 3. The Morgan fingerprint density at radius 2 is 1.82 bits per heavy atom. The van der Waals surface area contributed by atoms with Crippen LogP contribution in [0.3, 0.4) is 0 Å². The van der Waals surface area contributed by atoms with Crippen LogP contribution in [0.4, 0.5) is 21.0 Å². The van der Waals surface area contributed by atoms with Gasteiger partial charge in [-0.15, -0.1) is 0 Å². The normalized spacial score (nSPS) is 14.2. The highest BCUT2D eigenvalue weighted by atomic mass is 35.5. The Morgan fingerprint density at radius 3 is 2.52 bits per heavy atom. The van der Waals surface area contributed by atoms with Crippen molar-refractivity contribution in [2.45, 2.75) is 26.4 Å². The van der Waals surface area contributed by atoms with Crippen LogP contribution in [0.25, 0.3) is 32.8 Å². The van der Waals surface area contributed by atoms with Crippen LogP contribution < -0.4 is 10.2 Å². The lowest BCUT2D eigenvalue weighted by molar-refractivity contribution is 0.0240. The molecular weight excluding hydrogens is 537 g/mol. The average molecular weight is 568 g/mol. The topological polar surface area (TPSA) is 111 Å². The number of fused-ring (bicyclic) bond motifs is 2. The molecule has 0 bridgehead atoms. The van der Waals surface area contributed by atoms with Gasteiger partial charge in [-0.2, -0.15) is 4.98 Å². The molecule has 210 valence electrons. The number of phenols is 1. The van der Waals surface area contributed by atoms with Crippen molar-refractivity contribution in [3.63, 3.8) is 0 Å². The number of rotatable bonds is 5. The predicted molar refractivity (Wildman–Crippen MR) is 155 cm³/mol. The van der Waals surface area contributed by atoms with Crippen LogP contribution in [-0.2, 0) is 4.74 Å². The fourth-order valence-corrected chi connectivity index (χ4v) is 5.14. The fourth-order valence-electron chi connectivity index (χ4n) is 4.84. The number of carbonyl (C=O) groups is 1. The van der Waals surface area contributed by atoms with E-state index in [1.165, 1.54) is 6.07 Å². The Bertz CT molecular complexity index is 1590. The van der Waals surface area contributed by atoms with Gasteiger partial charge in [0.25, 0.3) is 0 Å². The summed E-state index contributed by atoms with van der Waals surface area (Å²) in [6, 6.07) is 12.1. The van der Waals surface area contributed by atoms with Crippen molar-refractivity contribution >= 4 is 51.1 Å². The predicted octanol–water partition coefficient (Wildman–Crippen LogP) is 5.41. The summed E-state index contributed by atoms with van der Waals surface area (Å²) < 4.78 is 21.9. The van der Waals surface area contributed by atoms with Crippen LogP contribution in [0.15, 0.2) is 42.5 Å². The van der Waals surface area contributed by atoms with Crippen molar-refractivity contribution in [1.82, 2.24) is 14.9 Å². The van der Waals surface area contributed by atoms with Crippen molar-refractivity contribution in [2.24, 2.45) is 0 Å². The molecule has 5 rings (SSSR count). The Kier molecular flexibility index (Phi) is 7.57. The molecule has 1 aliphatic heterocycles. The van der Waals surface area contributed by atoms with Crippen LogP contribution >= 0.6 is 11.6 Å². The molecule has 11 heteroatoms. The van der Waals surface area contributed by atoms with Gasteiger partial charge in [0.05, 0.1) is 11.6 Å². The number of aliphatic hydroxyl groups is 1. The minimum absolute atomic E-state index is 0.0131. The van der Waals surface area contributed by atoms with Crippen LogP contribution in [0, 0.1) is 5.82 Å². The van der Waals surface area contributed by atoms with Gasteiger partial charge in [-0.3, -0.25) is 0 Å². The summed E-state index contributed by atoms with van der Waals surface area (Å²) in [5.41, 5.74) is 0.00798. The van der Waals surface area contributed by atoms with Crippen molar-refractivity contribution in [2.75, 3.05) is 49.5 Å². The smallest absolute Gasteiger partial charge is 0.410 e. The number of phenolic OH excluding ortho intramolecular Hbond substituents is 1. The van der Waals surface area contributed by atoms with Crippen molar-refractivity contribution in [3.8, 4) is 16.9 Å². The zero-order valence-corrected chi connectivity index (χ0v) is 23.3. The van der Waals surface area contributed by atoms with Gasteiger partial charge in [0.15, 0.2) is 5.82 Å². The van der Waals surface area contributed by atoms with E-state index >= 15 is 4.39 Å². The number of aliphatic hydroxyl groups excluding tert-OH is 1. The highest BCUT2D eigenvalue weighted by molar-refractivity contribution is 6.35. The molecule has 0 saturated carbocycles. The number of nitrogens with zero attached hydrogens (tertiary/aromatic N) is 4.